The second-order valence-electron chi connectivity index (χ2n) is 8.58. The molecule has 0 amide bonds. The first kappa shape index (κ1) is 20.7. The lowest BCUT2D eigenvalue weighted by Crippen LogP contribution is -2.67. The fourth-order valence-electron chi connectivity index (χ4n) is 4.19. The molecule has 1 aliphatic carbocycles. The Kier molecular flexibility index (Phi) is 5.74. The molecule has 1 atom stereocenters. The Hall–Kier alpha value is -2.53. The molecule has 1 aromatic heterocycles. The van der Waals surface area contributed by atoms with Gasteiger partial charge in [0.2, 0.25) is 0 Å². The van der Waals surface area contributed by atoms with Crippen molar-refractivity contribution in [2.24, 2.45) is 0 Å². The van der Waals surface area contributed by atoms with E-state index in [1.165, 1.54) is 10.4 Å². The minimum absolute atomic E-state index is 0.0316. The number of hydrogen-bond donors (Lipinski definition) is 0. The lowest BCUT2D eigenvalue weighted by Gasteiger charge is -2.44. The molecule has 0 spiro atoms. The molecule has 0 saturated carbocycles. The predicted molar refractivity (Wildman–Crippen MR) is 129 cm³/mol. The number of hydrogen-bond acceptors (Lipinski definition) is 3. The molecule has 1 unspecified atom stereocenters. The van der Waals surface area contributed by atoms with Gasteiger partial charge in [-0.3, -0.25) is 4.79 Å². The summed E-state index contributed by atoms with van der Waals surface area (Å²) in [7, 11) is -2.73. The second kappa shape index (κ2) is 8.30. The molecule has 0 radical (unpaired) electrons. The molecule has 152 valence electrons. The van der Waals surface area contributed by atoms with Crippen molar-refractivity contribution in [3.8, 4) is 0 Å². The molecule has 3 aromatic rings. The zero-order valence-corrected chi connectivity index (χ0v) is 19.4. The summed E-state index contributed by atoms with van der Waals surface area (Å²) in [6.07, 6.45) is 5.19. The average molecular weight is 431 g/mol. The van der Waals surface area contributed by atoms with Crippen LogP contribution < -0.4 is 10.4 Å². The van der Waals surface area contributed by atoms with Crippen LogP contribution in [0.5, 0.6) is 0 Å². The Bertz CT molecular complexity index is 1020. The quantitative estimate of drug-likeness (QED) is 0.410. The fraction of sp³-hybridized carbons (Fsp3) is 0.192. The molecule has 0 aliphatic heterocycles. The maximum Gasteiger partial charge on any atom is 0.262 e. The van der Waals surface area contributed by atoms with Crippen LogP contribution in [0.3, 0.4) is 0 Å². The second-order valence-corrected chi connectivity index (χ2v) is 13.6. The Morgan fingerprint density at radius 3 is 2.03 bits per heavy atom. The Morgan fingerprint density at radius 1 is 0.933 bits per heavy atom. The molecular weight excluding hydrogens is 404 g/mol. The molecule has 0 fully saturated rings. The number of thiophene rings is 1. The standard InChI is InChI=1S/C26H26O2SSi/c1-26(2,3)30(21-10-6-4-7-11-21,22-12-8-5-9-13-22)28-25-15-14-24(27)23(25)18-20-16-17-29-19-20/h4-19,25H,1-3H3. The summed E-state index contributed by atoms with van der Waals surface area (Å²) in [5.74, 6) is 0.0316. The van der Waals surface area contributed by atoms with E-state index in [9.17, 15) is 4.79 Å². The predicted octanol–water partition coefficient (Wildman–Crippen LogP) is 5.22. The Morgan fingerprint density at radius 2 is 1.53 bits per heavy atom. The summed E-state index contributed by atoms with van der Waals surface area (Å²) >= 11 is 1.63. The van der Waals surface area contributed by atoms with Gasteiger partial charge in [0.15, 0.2) is 5.78 Å². The molecule has 0 bridgehead atoms. The van der Waals surface area contributed by atoms with Crippen molar-refractivity contribution in [2.45, 2.75) is 31.9 Å². The molecule has 1 heterocycles. The number of benzene rings is 2. The maximum atomic E-state index is 12.7. The van der Waals surface area contributed by atoms with Crippen LogP contribution in [0.25, 0.3) is 6.08 Å². The molecule has 0 saturated heterocycles. The van der Waals surface area contributed by atoms with Crippen molar-refractivity contribution in [1.82, 2.24) is 0 Å². The third-order valence-corrected chi connectivity index (χ3v) is 11.3. The van der Waals surface area contributed by atoms with Crippen LogP contribution in [-0.2, 0) is 9.22 Å². The molecule has 2 nitrogen and oxygen atoms in total. The summed E-state index contributed by atoms with van der Waals surface area (Å²) in [4.78, 5) is 12.7. The van der Waals surface area contributed by atoms with Crippen molar-refractivity contribution in [2.75, 3.05) is 0 Å². The van der Waals surface area contributed by atoms with Crippen LogP contribution >= 0.6 is 11.3 Å². The summed E-state index contributed by atoms with van der Waals surface area (Å²) < 4.78 is 7.13. The SMILES string of the molecule is CC(C)(C)[Si](OC1C=CC(=O)C1=Cc1ccsc1)(c1ccccc1)c1ccccc1. The zero-order valence-electron chi connectivity index (χ0n) is 17.5. The number of rotatable bonds is 5. The van der Waals surface area contributed by atoms with Gasteiger partial charge in [-0.1, -0.05) is 81.4 Å². The van der Waals surface area contributed by atoms with Crippen molar-refractivity contribution in [3.05, 3.63) is 101 Å². The van der Waals surface area contributed by atoms with Crippen molar-refractivity contribution in [3.63, 3.8) is 0 Å². The van der Waals surface area contributed by atoms with Crippen molar-refractivity contribution >= 4 is 41.9 Å². The topological polar surface area (TPSA) is 26.3 Å². The maximum absolute atomic E-state index is 12.7. The highest BCUT2D eigenvalue weighted by atomic mass is 32.1. The van der Waals surface area contributed by atoms with Gasteiger partial charge in [0, 0.05) is 5.57 Å². The van der Waals surface area contributed by atoms with Crippen LogP contribution in [0.15, 0.2) is 95.2 Å². The summed E-state index contributed by atoms with van der Waals surface area (Å²) in [6.45, 7) is 6.76. The van der Waals surface area contributed by atoms with Gasteiger partial charge in [-0.2, -0.15) is 11.3 Å². The first-order chi connectivity index (χ1) is 14.4. The number of allylic oxidation sites excluding steroid dienone is 1. The Balaban J connectivity index is 1.87. The third-order valence-electron chi connectivity index (χ3n) is 5.60. The first-order valence-corrected chi connectivity index (χ1v) is 13.0. The highest BCUT2D eigenvalue weighted by molar-refractivity contribution is 7.08. The highest BCUT2D eigenvalue weighted by Gasteiger charge is 2.52. The van der Waals surface area contributed by atoms with Crippen molar-refractivity contribution in [1.29, 1.82) is 0 Å². The molecule has 0 N–H and O–H groups in total. The van der Waals surface area contributed by atoms with E-state index in [4.69, 9.17) is 4.43 Å². The molecule has 4 rings (SSSR count). The summed E-state index contributed by atoms with van der Waals surface area (Å²) in [5.41, 5.74) is 1.75. The van der Waals surface area contributed by atoms with E-state index in [1.54, 1.807) is 17.4 Å². The van der Waals surface area contributed by atoms with E-state index in [0.717, 1.165) is 5.56 Å². The van der Waals surface area contributed by atoms with Gasteiger partial charge in [-0.25, -0.2) is 0 Å². The highest BCUT2D eigenvalue weighted by Crippen LogP contribution is 2.39. The average Bonchev–Trinajstić information content (AvgIpc) is 3.38. The summed E-state index contributed by atoms with van der Waals surface area (Å²) in [6, 6.07) is 23.1. The van der Waals surface area contributed by atoms with Gasteiger partial charge in [0.25, 0.3) is 8.32 Å². The van der Waals surface area contributed by atoms with Crippen molar-refractivity contribution < 1.29 is 9.22 Å². The van der Waals surface area contributed by atoms with Crippen LogP contribution in [0.1, 0.15) is 26.3 Å². The van der Waals surface area contributed by atoms with E-state index >= 15 is 0 Å². The molecule has 2 aromatic carbocycles. The van der Waals surface area contributed by atoms with Gasteiger partial charge >= 0.3 is 0 Å². The summed E-state index contributed by atoms with van der Waals surface area (Å²) in [5, 5.41) is 6.37. The lowest BCUT2D eigenvalue weighted by molar-refractivity contribution is -0.111. The normalized spacial score (nSPS) is 18.3. The van der Waals surface area contributed by atoms with Gasteiger partial charge in [0.05, 0.1) is 6.10 Å². The number of ketones is 1. The molecule has 1 aliphatic rings. The van der Waals surface area contributed by atoms with Crippen LogP contribution in [-0.4, -0.2) is 20.2 Å². The Labute approximate surface area is 183 Å². The number of carbonyl (C=O) groups excluding carboxylic acids is 1. The molecule has 30 heavy (non-hydrogen) atoms. The monoisotopic (exact) mass is 430 g/mol. The largest absolute Gasteiger partial charge is 0.397 e. The minimum Gasteiger partial charge on any atom is -0.397 e. The van der Waals surface area contributed by atoms with Gasteiger partial charge in [-0.15, -0.1) is 0 Å². The first-order valence-electron chi connectivity index (χ1n) is 10.2. The lowest BCUT2D eigenvalue weighted by atomic mass is 10.1. The molecular formula is C26H26O2SSi. The smallest absolute Gasteiger partial charge is 0.262 e. The van der Waals surface area contributed by atoms with Crippen LogP contribution in [0.2, 0.25) is 5.04 Å². The van der Waals surface area contributed by atoms with E-state index in [-0.39, 0.29) is 16.9 Å². The minimum atomic E-state index is -2.73. The number of carbonyl (C=O) groups is 1. The van der Waals surface area contributed by atoms with Crippen LogP contribution in [0.4, 0.5) is 0 Å². The molecule has 4 heteroatoms. The van der Waals surface area contributed by atoms with E-state index in [1.807, 2.05) is 35.7 Å². The van der Waals surface area contributed by atoms with E-state index < -0.39 is 8.32 Å². The fourth-order valence-corrected chi connectivity index (χ4v) is 9.41. The van der Waals surface area contributed by atoms with Gasteiger partial charge < -0.3 is 4.43 Å². The third kappa shape index (κ3) is 3.78. The van der Waals surface area contributed by atoms with E-state index in [0.29, 0.717) is 5.57 Å². The zero-order chi connectivity index (χ0) is 21.2. The van der Waals surface area contributed by atoms with Gasteiger partial charge in [0.1, 0.15) is 0 Å². The van der Waals surface area contributed by atoms with Gasteiger partial charge in [-0.05, 0) is 56.0 Å². The van der Waals surface area contributed by atoms with E-state index in [2.05, 4.69) is 74.7 Å². The van der Waals surface area contributed by atoms with Crippen LogP contribution in [0, 0.1) is 0 Å².